The van der Waals surface area contributed by atoms with Crippen molar-refractivity contribution in [1.82, 2.24) is 0 Å². The highest BCUT2D eigenvalue weighted by Gasteiger charge is 2.11. The van der Waals surface area contributed by atoms with Gasteiger partial charge < -0.3 is 4.74 Å². The van der Waals surface area contributed by atoms with Crippen LogP contribution in [0.2, 0.25) is 0 Å². The summed E-state index contributed by atoms with van der Waals surface area (Å²) >= 11 is 1.81. The Morgan fingerprint density at radius 3 is 2.88 bits per heavy atom. The van der Waals surface area contributed by atoms with E-state index in [1.165, 1.54) is 24.1 Å². The van der Waals surface area contributed by atoms with Crippen LogP contribution in [0.1, 0.15) is 56.4 Å². The van der Waals surface area contributed by atoms with Gasteiger partial charge >= 0.3 is 0 Å². The monoisotopic (exact) mass is 239 g/mol. The molecule has 0 N–H and O–H groups in total. The molecule has 0 amide bonds. The number of hydrogen-bond acceptors (Lipinski definition) is 2. The molecule has 1 aromatic rings. The van der Waals surface area contributed by atoms with Crippen LogP contribution in [0.4, 0.5) is 0 Å². The zero-order chi connectivity index (χ0) is 11.6. The maximum absolute atomic E-state index is 5.97. The quantitative estimate of drug-likeness (QED) is 0.551. The van der Waals surface area contributed by atoms with Crippen molar-refractivity contribution >= 4 is 11.3 Å². The molecule has 91 valence electrons. The molecule has 1 atom stereocenters. The van der Waals surface area contributed by atoms with Gasteiger partial charge in [0.2, 0.25) is 0 Å². The molecule has 1 nitrogen and oxygen atoms in total. The summed E-state index contributed by atoms with van der Waals surface area (Å²) in [6.07, 6.45) is 7.29. The van der Waals surface area contributed by atoms with Crippen LogP contribution in [-0.4, -0.2) is 6.61 Å². The van der Waals surface area contributed by atoms with Gasteiger partial charge in [-0.1, -0.05) is 45.6 Å². The summed E-state index contributed by atoms with van der Waals surface area (Å²) in [5, 5.41) is 2.13. The summed E-state index contributed by atoms with van der Waals surface area (Å²) in [5.41, 5.74) is 0. The van der Waals surface area contributed by atoms with E-state index in [0.29, 0.717) is 6.10 Å². The predicted octanol–water partition coefficient (Wildman–Crippen LogP) is 5.00. The average molecular weight is 239 g/mol. The van der Waals surface area contributed by atoms with Crippen molar-refractivity contribution in [3.63, 3.8) is 0 Å². The lowest BCUT2D eigenvalue weighted by atomic mass is 10.1. The van der Waals surface area contributed by atoms with Crippen LogP contribution in [0.25, 0.3) is 0 Å². The second kappa shape index (κ2) is 8.77. The van der Waals surface area contributed by atoms with Gasteiger partial charge in [-0.15, -0.1) is 11.3 Å². The zero-order valence-corrected chi connectivity index (χ0v) is 11.1. The Balaban J connectivity index is 2.32. The molecule has 0 bridgehead atoms. The lowest BCUT2D eigenvalue weighted by Gasteiger charge is -2.16. The standard InChI is InChI=1S/C14H23OS/c1-3-5-7-11-15-13(9-6-4-2)14-10-8-12-16-14/h8,10,12-13H,1,3-7,9,11H2,2H3. The molecule has 1 heterocycles. The van der Waals surface area contributed by atoms with Crippen molar-refractivity contribution in [2.45, 2.75) is 51.6 Å². The fraction of sp³-hybridized carbons (Fsp3) is 0.643. The first-order valence-electron chi connectivity index (χ1n) is 6.32. The summed E-state index contributed by atoms with van der Waals surface area (Å²) in [7, 11) is 0. The van der Waals surface area contributed by atoms with Crippen LogP contribution < -0.4 is 0 Å². The fourth-order valence-electron chi connectivity index (χ4n) is 1.68. The first-order chi connectivity index (χ1) is 7.88. The zero-order valence-electron chi connectivity index (χ0n) is 10.3. The van der Waals surface area contributed by atoms with Gasteiger partial charge in [0.25, 0.3) is 0 Å². The molecule has 2 heteroatoms. The predicted molar refractivity (Wildman–Crippen MR) is 71.7 cm³/mol. The van der Waals surface area contributed by atoms with Crippen molar-refractivity contribution in [1.29, 1.82) is 0 Å². The normalized spacial score (nSPS) is 12.9. The molecule has 0 aliphatic carbocycles. The molecule has 0 fully saturated rings. The molecule has 0 aromatic carbocycles. The Morgan fingerprint density at radius 2 is 2.25 bits per heavy atom. The van der Waals surface area contributed by atoms with Gasteiger partial charge in [0.15, 0.2) is 0 Å². The smallest absolute Gasteiger partial charge is 0.0916 e. The lowest BCUT2D eigenvalue weighted by molar-refractivity contribution is 0.0452. The van der Waals surface area contributed by atoms with E-state index in [4.69, 9.17) is 4.74 Å². The highest BCUT2D eigenvalue weighted by molar-refractivity contribution is 7.10. The van der Waals surface area contributed by atoms with Crippen LogP contribution in [0.15, 0.2) is 17.5 Å². The fourth-order valence-corrected chi connectivity index (χ4v) is 2.49. The Hall–Kier alpha value is -0.340. The van der Waals surface area contributed by atoms with E-state index in [1.807, 2.05) is 11.3 Å². The Morgan fingerprint density at radius 1 is 1.38 bits per heavy atom. The van der Waals surface area contributed by atoms with Gasteiger partial charge in [-0.2, -0.15) is 0 Å². The van der Waals surface area contributed by atoms with Crippen LogP contribution in [0, 0.1) is 6.92 Å². The molecule has 0 saturated carbocycles. The maximum Gasteiger partial charge on any atom is 0.0916 e. The van der Waals surface area contributed by atoms with Gasteiger partial charge in [-0.3, -0.25) is 0 Å². The van der Waals surface area contributed by atoms with Crippen LogP contribution in [0.3, 0.4) is 0 Å². The molecule has 0 spiro atoms. The molecule has 0 aliphatic rings. The lowest BCUT2D eigenvalue weighted by Crippen LogP contribution is -2.04. The third-order valence-corrected chi connectivity index (χ3v) is 3.61. The van der Waals surface area contributed by atoms with E-state index in [2.05, 4.69) is 31.4 Å². The first-order valence-corrected chi connectivity index (χ1v) is 7.20. The molecule has 0 saturated heterocycles. The van der Waals surface area contributed by atoms with Crippen molar-refractivity contribution < 1.29 is 4.74 Å². The van der Waals surface area contributed by atoms with Crippen molar-refractivity contribution in [3.05, 3.63) is 29.3 Å². The van der Waals surface area contributed by atoms with E-state index in [9.17, 15) is 0 Å². The minimum absolute atomic E-state index is 0.324. The second-order valence-electron chi connectivity index (χ2n) is 4.08. The van der Waals surface area contributed by atoms with Gasteiger partial charge in [-0.25, -0.2) is 0 Å². The third kappa shape index (κ3) is 5.13. The van der Waals surface area contributed by atoms with E-state index >= 15 is 0 Å². The van der Waals surface area contributed by atoms with Gasteiger partial charge in [0.05, 0.1) is 6.10 Å². The second-order valence-corrected chi connectivity index (χ2v) is 5.06. The molecule has 0 aliphatic heterocycles. The van der Waals surface area contributed by atoms with Gasteiger partial charge in [0, 0.05) is 11.5 Å². The van der Waals surface area contributed by atoms with Crippen LogP contribution in [-0.2, 0) is 4.74 Å². The summed E-state index contributed by atoms with van der Waals surface area (Å²) in [4.78, 5) is 1.38. The van der Waals surface area contributed by atoms with Gasteiger partial charge in [-0.05, 0) is 24.3 Å². The first kappa shape index (κ1) is 13.7. The molecular weight excluding hydrogens is 216 g/mol. The van der Waals surface area contributed by atoms with Crippen molar-refractivity contribution in [2.75, 3.05) is 6.61 Å². The molecular formula is C14H23OS. The van der Waals surface area contributed by atoms with Crippen LogP contribution >= 0.6 is 11.3 Å². The summed E-state index contributed by atoms with van der Waals surface area (Å²) in [6.45, 7) is 6.96. The Bertz CT molecular complexity index is 243. The SMILES string of the molecule is [CH2]CCCCOC(CCCC)c1cccs1. The number of thiophene rings is 1. The minimum Gasteiger partial charge on any atom is -0.373 e. The summed E-state index contributed by atoms with van der Waals surface area (Å²) < 4.78 is 5.97. The third-order valence-electron chi connectivity index (χ3n) is 2.64. The van der Waals surface area contributed by atoms with E-state index in [0.717, 1.165) is 25.9 Å². The molecule has 1 aromatic heterocycles. The number of rotatable bonds is 9. The average Bonchev–Trinajstić information content (AvgIpc) is 2.82. The summed E-state index contributed by atoms with van der Waals surface area (Å²) in [6, 6.07) is 4.30. The van der Waals surface area contributed by atoms with E-state index in [1.54, 1.807) is 0 Å². The molecule has 1 rings (SSSR count). The van der Waals surface area contributed by atoms with Crippen molar-refractivity contribution in [3.8, 4) is 0 Å². The van der Waals surface area contributed by atoms with E-state index < -0.39 is 0 Å². The minimum atomic E-state index is 0.324. The number of unbranched alkanes of at least 4 members (excludes halogenated alkanes) is 3. The maximum atomic E-state index is 5.97. The highest BCUT2D eigenvalue weighted by Crippen LogP contribution is 2.27. The topological polar surface area (TPSA) is 9.23 Å². The highest BCUT2D eigenvalue weighted by atomic mass is 32.1. The number of hydrogen-bond donors (Lipinski definition) is 0. The molecule has 16 heavy (non-hydrogen) atoms. The molecule has 1 radical (unpaired) electrons. The van der Waals surface area contributed by atoms with Crippen LogP contribution in [0.5, 0.6) is 0 Å². The largest absolute Gasteiger partial charge is 0.373 e. The summed E-state index contributed by atoms with van der Waals surface area (Å²) in [5.74, 6) is 0. The Kier molecular flexibility index (Phi) is 7.52. The van der Waals surface area contributed by atoms with Crippen molar-refractivity contribution in [2.24, 2.45) is 0 Å². The Labute approximate surface area is 104 Å². The van der Waals surface area contributed by atoms with E-state index in [-0.39, 0.29) is 0 Å². The number of ether oxygens (including phenoxy) is 1. The van der Waals surface area contributed by atoms with Gasteiger partial charge in [0.1, 0.15) is 0 Å². The molecule has 1 unspecified atom stereocenters.